The van der Waals surface area contributed by atoms with E-state index in [1.54, 1.807) is 12.1 Å². The minimum Gasteiger partial charge on any atom is -0.508 e. The van der Waals surface area contributed by atoms with Gasteiger partial charge in [0.15, 0.2) is 0 Å². The molecule has 0 spiro atoms. The maximum atomic E-state index is 12.9. The van der Waals surface area contributed by atoms with Gasteiger partial charge in [-0.1, -0.05) is 19.1 Å². The Morgan fingerprint density at radius 3 is 2.82 bits per heavy atom. The van der Waals surface area contributed by atoms with Crippen LogP contribution in [0, 0.1) is 6.92 Å². The molecule has 0 aliphatic carbocycles. The first-order chi connectivity index (χ1) is 5.24. The first-order valence-corrected chi connectivity index (χ1v) is 3.46. The molecule has 0 heterocycles. The Balaban J connectivity index is 2.86. The van der Waals surface area contributed by atoms with Crippen molar-refractivity contribution in [1.29, 1.82) is 0 Å². The monoisotopic (exact) mass is 153 g/mol. The molecular weight excluding hydrogens is 143 g/mol. The Morgan fingerprint density at radius 1 is 1.55 bits per heavy atom. The smallest absolute Gasteiger partial charge is 0.125 e. The second kappa shape index (κ2) is 3.37. The summed E-state index contributed by atoms with van der Waals surface area (Å²) < 4.78 is 12.9. The Kier molecular flexibility index (Phi) is 2.47. The number of aromatic hydroxyl groups is 1. The summed E-state index contributed by atoms with van der Waals surface area (Å²) in [5.74, 6) is 0.0959. The van der Waals surface area contributed by atoms with Crippen LogP contribution in [0.25, 0.3) is 0 Å². The second-order valence-electron chi connectivity index (χ2n) is 2.35. The molecule has 2 heteroatoms. The van der Waals surface area contributed by atoms with Crippen molar-refractivity contribution in [2.45, 2.75) is 12.6 Å². The molecule has 11 heavy (non-hydrogen) atoms. The van der Waals surface area contributed by atoms with Crippen LogP contribution in [0.4, 0.5) is 4.39 Å². The molecule has 1 aromatic rings. The van der Waals surface area contributed by atoms with Crippen LogP contribution in [0.15, 0.2) is 24.3 Å². The Hall–Kier alpha value is -1.05. The first kappa shape index (κ1) is 8.05. The van der Waals surface area contributed by atoms with Gasteiger partial charge in [0, 0.05) is 0 Å². The summed E-state index contributed by atoms with van der Waals surface area (Å²) in [5.41, 5.74) is 0.486. The van der Waals surface area contributed by atoms with Gasteiger partial charge in [0.25, 0.3) is 0 Å². The molecule has 1 N–H and O–H groups in total. The summed E-state index contributed by atoms with van der Waals surface area (Å²) in [7, 11) is 0. The molecular formula is C9H10FO. The van der Waals surface area contributed by atoms with Crippen LogP contribution in [0.1, 0.15) is 18.2 Å². The molecule has 0 aromatic heterocycles. The van der Waals surface area contributed by atoms with Gasteiger partial charge in [-0.25, -0.2) is 4.39 Å². The fourth-order valence-electron chi connectivity index (χ4n) is 0.886. The van der Waals surface area contributed by atoms with Gasteiger partial charge in [-0.3, -0.25) is 0 Å². The summed E-state index contributed by atoms with van der Waals surface area (Å²) in [5, 5.41) is 8.97. The van der Waals surface area contributed by atoms with Gasteiger partial charge in [-0.15, -0.1) is 0 Å². The van der Waals surface area contributed by atoms with Crippen LogP contribution < -0.4 is 0 Å². The molecule has 0 fully saturated rings. The Bertz CT molecular complexity index is 235. The number of hydrogen-bond acceptors (Lipinski definition) is 1. The van der Waals surface area contributed by atoms with E-state index in [-0.39, 0.29) is 12.2 Å². The minimum atomic E-state index is -1.07. The molecule has 1 radical (unpaired) electrons. The van der Waals surface area contributed by atoms with E-state index < -0.39 is 6.17 Å². The lowest BCUT2D eigenvalue weighted by atomic mass is 10.1. The standard InChI is InChI=1S/C9H10FO/c1-2-9(10)7-4-3-5-8(11)6-7/h3-6,9,11H,1-2H2. The zero-order valence-electron chi connectivity index (χ0n) is 6.13. The SMILES string of the molecule is [CH2]CC(F)c1cccc(O)c1. The zero-order valence-corrected chi connectivity index (χ0v) is 6.13. The summed E-state index contributed by atoms with van der Waals surface area (Å²) in [6.07, 6.45) is -0.870. The van der Waals surface area contributed by atoms with E-state index in [1.165, 1.54) is 12.1 Å². The summed E-state index contributed by atoms with van der Waals surface area (Å²) in [4.78, 5) is 0. The fraction of sp³-hybridized carbons (Fsp3) is 0.222. The van der Waals surface area contributed by atoms with Crippen LogP contribution in [-0.4, -0.2) is 5.11 Å². The van der Waals surface area contributed by atoms with Crippen molar-refractivity contribution in [3.63, 3.8) is 0 Å². The molecule has 1 nitrogen and oxygen atoms in total. The van der Waals surface area contributed by atoms with E-state index in [9.17, 15) is 4.39 Å². The molecule has 59 valence electrons. The minimum absolute atomic E-state index is 0.0959. The average Bonchev–Trinajstić information content (AvgIpc) is 2.03. The van der Waals surface area contributed by atoms with E-state index in [4.69, 9.17) is 5.11 Å². The first-order valence-electron chi connectivity index (χ1n) is 3.46. The van der Waals surface area contributed by atoms with E-state index in [1.807, 2.05) is 0 Å². The predicted octanol–water partition coefficient (Wildman–Crippen LogP) is 2.63. The molecule has 0 aliphatic heterocycles. The van der Waals surface area contributed by atoms with Gasteiger partial charge in [0.05, 0.1) is 0 Å². The maximum absolute atomic E-state index is 12.9. The molecule has 1 atom stereocenters. The van der Waals surface area contributed by atoms with Crippen LogP contribution in [-0.2, 0) is 0 Å². The van der Waals surface area contributed by atoms with Crippen molar-refractivity contribution in [3.05, 3.63) is 36.8 Å². The lowest BCUT2D eigenvalue weighted by Gasteiger charge is -2.04. The average molecular weight is 153 g/mol. The lowest BCUT2D eigenvalue weighted by molar-refractivity contribution is 0.344. The molecule has 0 aliphatic rings. The van der Waals surface area contributed by atoms with Gasteiger partial charge in [-0.2, -0.15) is 0 Å². The highest BCUT2D eigenvalue weighted by atomic mass is 19.1. The van der Waals surface area contributed by atoms with E-state index >= 15 is 0 Å². The van der Waals surface area contributed by atoms with Crippen LogP contribution in [0.5, 0.6) is 5.75 Å². The van der Waals surface area contributed by atoms with E-state index in [0.29, 0.717) is 5.56 Å². The number of phenols is 1. The van der Waals surface area contributed by atoms with Gasteiger partial charge < -0.3 is 5.11 Å². The number of alkyl halides is 1. The van der Waals surface area contributed by atoms with Gasteiger partial charge in [-0.05, 0) is 24.1 Å². The van der Waals surface area contributed by atoms with Gasteiger partial charge in [0.2, 0.25) is 0 Å². The lowest BCUT2D eigenvalue weighted by Crippen LogP contribution is -1.87. The van der Waals surface area contributed by atoms with E-state index in [0.717, 1.165) is 0 Å². The zero-order chi connectivity index (χ0) is 8.27. The third-order valence-corrected chi connectivity index (χ3v) is 1.49. The molecule has 0 saturated carbocycles. The molecule has 0 amide bonds. The topological polar surface area (TPSA) is 20.2 Å². The van der Waals surface area contributed by atoms with Crippen LogP contribution >= 0.6 is 0 Å². The fourth-order valence-corrected chi connectivity index (χ4v) is 0.886. The summed E-state index contributed by atoms with van der Waals surface area (Å²) >= 11 is 0. The second-order valence-corrected chi connectivity index (χ2v) is 2.35. The third kappa shape index (κ3) is 1.93. The largest absolute Gasteiger partial charge is 0.508 e. The van der Waals surface area contributed by atoms with Crippen molar-refractivity contribution < 1.29 is 9.50 Å². The predicted molar refractivity (Wildman–Crippen MR) is 41.9 cm³/mol. The molecule has 1 unspecified atom stereocenters. The highest BCUT2D eigenvalue weighted by Crippen LogP contribution is 2.23. The highest BCUT2D eigenvalue weighted by Gasteiger charge is 2.05. The van der Waals surface area contributed by atoms with Crippen molar-refractivity contribution in [2.24, 2.45) is 0 Å². The van der Waals surface area contributed by atoms with Gasteiger partial charge >= 0.3 is 0 Å². The number of phenolic OH excluding ortho intramolecular Hbond substituents is 1. The quantitative estimate of drug-likeness (QED) is 0.692. The maximum Gasteiger partial charge on any atom is 0.125 e. The highest BCUT2D eigenvalue weighted by molar-refractivity contribution is 5.28. The van der Waals surface area contributed by atoms with E-state index in [2.05, 4.69) is 6.92 Å². The summed E-state index contributed by atoms with van der Waals surface area (Å²) in [6.45, 7) is 3.44. The molecule has 1 aromatic carbocycles. The van der Waals surface area contributed by atoms with Crippen molar-refractivity contribution in [3.8, 4) is 5.75 Å². The van der Waals surface area contributed by atoms with Gasteiger partial charge in [0.1, 0.15) is 11.9 Å². The normalized spacial score (nSPS) is 12.9. The molecule has 0 bridgehead atoms. The van der Waals surface area contributed by atoms with Crippen molar-refractivity contribution in [1.82, 2.24) is 0 Å². The number of benzene rings is 1. The Labute approximate surface area is 65.5 Å². The van der Waals surface area contributed by atoms with Crippen LogP contribution in [0.2, 0.25) is 0 Å². The Morgan fingerprint density at radius 2 is 2.27 bits per heavy atom. The number of rotatable bonds is 2. The number of halogens is 1. The van der Waals surface area contributed by atoms with Crippen molar-refractivity contribution in [2.75, 3.05) is 0 Å². The molecule has 1 rings (SSSR count). The third-order valence-electron chi connectivity index (χ3n) is 1.49. The summed E-state index contributed by atoms with van der Waals surface area (Å²) in [6, 6.07) is 6.18. The number of hydrogen-bond donors (Lipinski definition) is 1. The molecule has 0 saturated heterocycles. The van der Waals surface area contributed by atoms with Crippen LogP contribution in [0.3, 0.4) is 0 Å². The van der Waals surface area contributed by atoms with Crippen molar-refractivity contribution >= 4 is 0 Å².